The molecule has 0 atom stereocenters. The lowest BCUT2D eigenvalue weighted by atomic mass is 9.89. The number of pyridine rings is 2. The maximum atomic E-state index is 5.38. The average molecular weight is 815 g/mol. The molecule has 9 aromatic carbocycles. The number of rotatable bonds is 7. The van der Waals surface area contributed by atoms with Gasteiger partial charge in [-0.1, -0.05) is 170 Å². The van der Waals surface area contributed by atoms with Gasteiger partial charge in [0.1, 0.15) is 5.69 Å². The smallest absolute Gasteiger partial charge is 0.179 e. The first-order valence-corrected chi connectivity index (χ1v) is 21.6. The van der Waals surface area contributed by atoms with Crippen molar-refractivity contribution < 1.29 is 0 Å². The van der Waals surface area contributed by atoms with E-state index in [-0.39, 0.29) is 0 Å². The third kappa shape index (κ3) is 6.75. The van der Waals surface area contributed by atoms with Crippen molar-refractivity contribution in [2.45, 2.75) is 0 Å². The predicted molar refractivity (Wildman–Crippen MR) is 266 cm³/mol. The van der Waals surface area contributed by atoms with Gasteiger partial charge < -0.3 is 0 Å². The fourth-order valence-electron chi connectivity index (χ4n) is 9.18. The van der Waals surface area contributed by atoms with Gasteiger partial charge in [-0.05, 0) is 110 Å². The van der Waals surface area contributed by atoms with Crippen molar-refractivity contribution >= 4 is 43.2 Å². The Balaban J connectivity index is 0.995. The highest BCUT2D eigenvalue weighted by atomic mass is 14.9. The number of hydrogen-bond donors (Lipinski definition) is 0. The van der Waals surface area contributed by atoms with Crippen LogP contribution in [-0.4, -0.2) is 19.9 Å². The summed E-state index contributed by atoms with van der Waals surface area (Å²) < 4.78 is 0. The quantitative estimate of drug-likeness (QED) is 0.150. The lowest BCUT2D eigenvalue weighted by molar-refractivity contribution is 1.15. The Labute approximate surface area is 370 Å². The van der Waals surface area contributed by atoms with Gasteiger partial charge in [0.25, 0.3) is 0 Å². The number of benzene rings is 9. The van der Waals surface area contributed by atoms with E-state index in [0.717, 1.165) is 83.6 Å². The number of nitrogens with zero attached hydrogens (tertiary/aromatic N) is 4. The number of para-hydroxylation sites is 1. The van der Waals surface area contributed by atoms with Crippen molar-refractivity contribution in [1.82, 2.24) is 19.9 Å². The minimum absolute atomic E-state index is 0.583. The van der Waals surface area contributed by atoms with Gasteiger partial charge in [0.2, 0.25) is 0 Å². The van der Waals surface area contributed by atoms with Crippen molar-refractivity contribution in [1.29, 1.82) is 0 Å². The molecule has 64 heavy (non-hydrogen) atoms. The largest absolute Gasteiger partial charge is 0.253 e. The molecule has 0 bridgehead atoms. The highest BCUT2D eigenvalue weighted by Gasteiger charge is 2.18. The fraction of sp³-hybridized carbons (Fsp3) is 0. The van der Waals surface area contributed by atoms with Crippen LogP contribution in [0.3, 0.4) is 0 Å². The topological polar surface area (TPSA) is 51.6 Å². The van der Waals surface area contributed by atoms with Gasteiger partial charge in [0.05, 0.1) is 22.6 Å². The van der Waals surface area contributed by atoms with Crippen LogP contribution < -0.4 is 0 Å². The zero-order chi connectivity index (χ0) is 42.4. The summed E-state index contributed by atoms with van der Waals surface area (Å²) in [5.74, 6) is 0.583. The summed E-state index contributed by atoms with van der Waals surface area (Å²) in [4.78, 5) is 20.2. The molecule has 0 fully saturated rings. The van der Waals surface area contributed by atoms with Crippen LogP contribution in [0, 0.1) is 0 Å². The van der Waals surface area contributed by atoms with Crippen LogP contribution in [0.25, 0.3) is 122 Å². The maximum Gasteiger partial charge on any atom is 0.179 e. The van der Waals surface area contributed by atoms with Crippen molar-refractivity contribution in [2.24, 2.45) is 0 Å². The van der Waals surface area contributed by atoms with Crippen LogP contribution in [0.5, 0.6) is 0 Å². The molecule has 4 heteroatoms. The van der Waals surface area contributed by atoms with Gasteiger partial charge in [-0.2, -0.15) is 0 Å². The molecule has 0 N–H and O–H groups in total. The molecule has 3 aromatic heterocycles. The third-order valence-electron chi connectivity index (χ3n) is 12.3. The molecule has 0 unspecified atom stereocenters. The first-order valence-electron chi connectivity index (χ1n) is 21.6. The Bertz CT molecular complexity index is 3730. The summed E-state index contributed by atoms with van der Waals surface area (Å²) in [6.45, 7) is 0. The Morgan fingerprint density at radius 2 is 0.859 bits per heavy atom. The summed E-state index contributed by atoms with van der Waals surface area (Å²) in [5.41, 5.74) is 14.3. The zero-order valence-electron chi connectivity index (χ0n) is 34.7. The molecule has 0 aliphatic rings. The van der Waals surface area contributed by atoms with Crippen molar-refractivity contribution in [3.05, 3.63) is 231 Å². The summed E-state index contributed by atoms with van der Waals surface area (Å²) >= 11 is 0. The van der Waals surface area contributed by atoms with Crippen LogP contribution in [0.4, 0.5) is 0 Å². The maximum absolute atomic E-state index is 5.38. The highest BCUT2D eigenvalue weighted by molar-refractivity contribution is 6.25. The number of fused-ring (bicyclic) bond motifs is 6. The first kappa shape index (κ1) is 37.2. The van der Waals surface area contributed by atoms with E-state index in [2.05, 4.69) is 205 Å². The van der Waals surface area contributed by atoms with Crippen LogP contribution in [-0.2, 0) is 0 Å². The molecular formula is C60H38N4. The molecule has 4 nitrogen and oxygen atoms in total. The van der Waals surface area contributed by atoms with E-state index in [0.29, 0.717) is 5.82 Å². The monoisotopic (exact) mass is 814 g/mol. The minimum Gasteiger partial charge on any atom is -0.253 e. The fourth-order valence-corrected chi connectivity index (χ4v) is 9.18. The second-order valence-corrected chi connectivity index (χ2v) is 16.2. The van der Waals surface area contributed by atoms with Gasteiger partial charge in [-0.15, -0.1) is 0 Å². The van der Waals surface area contributed by atoms with Crippen LogP contribution >= 0.6 is 0 Å². The standard InChI is InChI=1S/C60H38N4/c1-2-15-39(16-3-1)42-19-13-23-46(34-42)56-38-57(64-60(63-56)55-29-10-11-32-61-55)47-24-14-21-44(35-47)43-20-12-22-45(33-43)52-37-53-58(50-26-7-6-25-49(50)52)51-27-8-9-28-54(51)62-59(53)48-31-30-40-17-4-5-18-41(40)36-48/h1-38H. The second-order valence-electron chi connectivity index (χ2n) is 16.2. The molecule has 0 amide bonds. The summed E-state index contributed by atoms with van der Waals surface area (Å²) in [6.07, 6.45) is 1.79. The van der Waals surface area contributed by atoms with Gasteiger partial charge in [-0.3, -0.25) is 4.98 Å². The average Bonchev–Trinajstić information content (AvgIpc) is 3.38. The predicted octanol–water partition coefficient (Wildman–Crippen LogP) is 15.5. The van der Waals surface area contributed by atoms with Gasteiger partial charge >= 0.3 is 0 Å². The van der Waals surface area contributed by atoms with E-state index in [1.165, 1.54) is 32.5 Å². The zero-order valence-corrected chi connectivity index (χ0v) is 34.7. The summed E-state index contributed by atoms with van der Waals surface area (Å²) in [5, 5.41) is 8.33. The van der Waals surface area contributed by atoms with E-state index >= 15 is 0 Å². The van der Waals surface area contributed by atoms with Gasteiger partial charge in [-0.25, -0.2) is 15.0 Å². The van der Waals surface area contributed by atoms with E-state index in [4.69, 9.17) is 15.0 Å². The molecule has 0 radical (unpaired) electrons. The Hall–Kier alpha value is -8.60. The first-order chi connectivity index (χ1) is 31.7. The Morgan fingerprint density at radius 3 is 1.59 bits per heavy atom. The molecule has 0 saturated heterocycles. The lowest BCUT2D eigenvalue weighted by Crippen LogP contribution is -1.97. The van der Waals surface area contributed by atoms with E-state index < -0.39 is 0 Å². The number of aromatic nitrogens is 4. The minimum atomic E-state index is 0.583. The third-order valence-corrected chi connectivity index (χ3v) is 12.3. The highest BCUT2D eigenvalue weighted by Crippen LogP contribution is 2.43. The SMILES string of the molecule is c1ccc(-c2cccc(-c3cc(-c4cccc(-c5cccc(-c6cc7c(-c8ccc9ccccc9c8)nc8ccccc8c7c7ccccc67)c5)c4)nc(-c4ccccn4)n3)c2)cc1. The van der Waals surface area contributed by atoms with Crippen molar-refractivity contribution in [2.75, 3.05) is 0 Å². The molecule has 0 aliphatic carbocycles. The summed E-state index contributed by atoms with van der Waals surface area (Å²) in [6, 6.07) is 79.4. The molecule has 3 heterocycles. The summed E-state index contributed by atoms with van der Waals surface area (Å²) in [7, 11) is 0. The molecular weight excluding hydrogens is 777 g/mol. The molecule has 12 aromatic rings. The van der Waals surface area contributed by atoms with Gasteiger partial charge in [0, 0.05) is 39.0 Å². The van der Waals surface area contributed by atoms with Crippen LogP contribution in [0.15, 0.2) is 231 Å². The Kier molecular flexibility index (Phi) is 9.12. The van der Waals surface area contributed by atoms with Crippen molar-refractivity contribution in [3.8, 4) is 78.7 Å². The molecule has 12 rings (SSSR count). The Morgan fingerprint density at radius 1 is 0.281 bits per heavy atom. The number of hydrogen-bond acceptors (Lipinski definition) is 4. The molecule has 0 aliphatic heterocycles. The van der Waals surface area contributed by atoms with E-state index in [1.54, 1.807) is 6.20 Å². The normalized spacial score (nSPS) is 11.4. The molecule has 0 saturated carbocycles. The van der Waals surface area contributed by atoms with Crippen LogP contribution in [0.2, 0.25) is 0 Å². The molecule has 298 valence electrons. The van der Waals surface area contributed by atoms with Crippen LogP contribution in [0.1, 0.15) is 0 Å². The van der Waals surface area contributed by atoms with E-state index in [9.17, 15) is 0 Å². The lowest BCUT2D eigenvalue weighted by Gasteiger charge is -2.17. The van der Waals surface area contributed by atoms with Gasteiger partial charge in [0.15, 0.2) is 5.82 Å². The van der Waals surface area contributed by atoms with Crippen molar-refractivity contribution in [3.63, 3.8) is 0 Å². The second kappa shape index (κ2) is 15.7. The molecule has 0 spiro atoms. The van der Waals surface area contributed by atoms with E-state index in [1.807, 2.05) is 24.3 Å².